The second kappa shape index (κ2) is 27.9. The van der Waals surface area contributed by atoms with Crippen LogP contribution in [0.3, 0.4) is 0 Å². The van der Waals surface area contributed by atoms with Crippen molar-refractivity contribution in [3.05, 3.63) is 144 Å². The molecule has 5 nitrogen and oxygen atoms in total. The fourth-order valence-electron chi connectivity index (χ4n) is 9.77. The number of likely N-dealkylation sites (N-methyl/N-ethyl adjacent to an activating group) is 1. The van der Waals surface area contributed by atoms with Gasteiger partial charge in [-0.3, -0.25) is 4.98 Å². The molecule has 2 unspecified atom stereocenters. The van der Waals surface area contributed by atoms with Gasteiger partial charge in [-0.25, -0.2) is 0 Å². The molecule has 3 aromatic rings. The predicted octanol–water partition coefficient (Wildman–Crippen LogP) is 14.1. The van der Waals surface area contributed by atoms with Crippen LogP contribution in [0.4, 0.5) is 0 Å². The second-order valence-electron chi connectivity index (χ2n) is 19.1. The summed E-state index contributed by atoms with van der Waals surface area (Å²) in [4.78, 5) is 10.0. The summed E-state index contributed by atoms with van der Waals surface area (Å²) in [7, 11) is 1.95. The maximum absolute atomic E-state index is 4.74. The Morgan fingerprint density at radius 2 is 1.61 bits per heavy atom. The molecule has 0 amide bonds. The Hall–Kier alpha value is -4.29. The van der Waals surface area contributed by atoms with Gasteiger partial charge in [0.2, 0.25) is 0 Å². The van der Waals surface area contributed by atoms with Crippen molar-refractivity contribution in [2.75, 3.05) is 46.3 Å². The van der Waals surface area contributed by atoms with Crippen LogP contribution in [0, 0.1) is 24.7 Å². The number of pyridine rings is 1. The number of benzene rings is 2. The van der Waals surface area contributed by atoms with E-state index in [9.17, 15) is 0 Å². The molecular formula is C59H87N5. The molecule has 1 aromatic heterocycles. The zero-order valence-corrected chi connectivity index (χ0v) is 41.7. The van der Waals surface area contributed by atoms with Gasteiger partial charge in [0, 0.05) is 61.1 Å². The summed E-state index contributed by atoms with van der Waals surface area (Å²) in [5, 5.41) is 6.30. The Kier molecular flexibility index (Phi) is 22.8. The summed E-state index contributed by atoms with van der Waals surface area (Å²) in [5.41, 5.74) is 15.0. The van der Waals surface area contributed by atoms with Crippen LogP contribution < -0.4 is 10.6 Å². The average Bonchev–Trinajstić information content (AvgIpc) is 3.28. The van der Waals surface area contributed by atoms with Crippen LogP contribution in [0.5, 0.6) is 0 Å². The van der Waals surface area contributed by atoms with E-state index in [1.54, 1.807) is 0 Å². The summed E-state index contributed by atoms with van der Waals surface area (Å²) in [6.07, 6.45) is 25.4. The molecule has 64 heavy (non-hydrogen) atoms. The molecule has 1 saturated carbocycles. The number of nitrogens with zero attached hydrogens (tertiary/aromatic N) is 3. The Balaban J connectivity index is 0.000000231. The number of rotatable bonds is 19. The molecule has 2 aliphatic heterocycles. The third kappa shape index (κ3) is 16.9. The van der Waals surface area contributed by atoms with Crippen molar-refractivity contribution in [3.8, 4) is 11.1 Å². The van der Waals surface area contributed by atoms with Crippen LogP contribution in [0.15, 0.2) is 110 Å². The van der Waals surface area contributed by atoms with Gasteiger partial charge in [0.15, 0.2) is 0 Å². The Morgan fingerprint density at radius 3 is 2.19 bits per heavy atom. The third-order valence-corrected chi connectivity index (χ3v) is 13.6. The lowest BCUT2D eigenvalue weighted by molar-refractivity contribution is 0.131. The molecule has 1 aliphatic carbocycles. The van der Waals surface area contributed by atoms with E-state index in [0.717, 1.165) is 61.3 Å². The first kappa shape index (κ1) is 52.3. The number of aryl methyl sites for hydroxylation is 1. The van der Waals surface area contributed by atoms with Gasteiger partial charge in [-0.1, -0.05) is 140 Å². The summed E-state index contributed by atoms with van der Waals surface area (Å²) < 4.78 is 0. The number of allylic oxidation sites excluding steroid dienone is 5. The lowest BCUT2D eigenvalue weighted by atomic mass is 9.74. The highest BCUT2D eigenvalue weighted by molar-refractivity contribution is 5.81. The van der Waals surface area contributed by atoms with Gasteiger partial charge in [0.1, 0.15) is 0 Å². The van der Waals surface area contributed by atoms with Crippen molar-refractivity contribution in [1.29, 1.82) is 0 Å². The lowest BCUT2D eigenvalue weighted by Gasteiger charge is -2.34. The van der Waals surface area contributed by atoms with Gasteiger partial charge in [0.05, 0.1) is 0 Å². The van der Waals surface area contributed by atoms with E-state index in [2.05, 4.69) is 156 Å². The lowest BCUT2D eigenvalue weighted by Crippen LogP contribution is -2.46. The van der Waals surface area contributed by atoms with E-state index in [1.807, 2.05) is 25.4 Å². The molecule has 0 radical (unpaired) electrons. The number of unbranched alkanes of at least 4 members (excludes halogenated alkanes) is 2. The molecule has 0 spiro atoms. The van der Waals surface area contributed by atoms with Crippen molar-refractivity contribution in [2.24, 2.45) is 17.8 Å². The van der Waals surface area contributed by atoms with Gasteiger partial charge >= 0.3 is 0 Å². The fraction of sp³-hybridized carbons (Fsp3) is 0.508. The minimum Gasteiger partial charge on any atom is -0.362 e. The maximum atomic E-state index is 4.74. The minimum atomic E-state index is 0.422. The highest BCUT2D eigenvalue weighted by Gasteiger charge is 2.25. The van der Waals surface area contributed by atoms with Gasteiger partial charge in [-0.05, 0) is 167 Å². The normalized spacial score (nSPS) is 19.9. The van der Waals surface area contributed by atoms with Crippen LogP contribution in [0.1, 0.15) is 139 Å². The molecule has 3 fully saturated rings. The van der Waals surface area contributed by atoms with Crippen molar-refractivity contribution in [1.82, 2.24) is 25.4 Å². The molecular weight excluding hydrogens is 779 g/mol. The highest BCUT2D eigenvalue weighted by atomic mass is 15.3. The van der Waals surface area contributed by atoms with Crippen molar-refractivity contribution in [3.63, 3.8) is 0 Å². The van der Waals surface area contributed by atoms with Crippen LogP contribution in [-0.2, 0) is 12.8 Å². The molecule has 2 saturated heterocycles. The summed E-state index contributed by atoms with van der Waals surface area (Å²) in [5.74, 6) is 2.50. The minimum absolute atomic E-state index is 0.422. The van der Waals surface area contributed by atoms with Crippen molar-refractivity contribution < 1.29 is 0 Å². The van der Waals surface area contributed by atoms with Crippen LogP contribution >= 0.6 is 0 Å². The number of hydrogen-bond donors (Lipinski definition) is 2. The molecule has 2 N–H and O–H groups in total. The molecule has 6 rings (SSSR count). The summed E-state index contributed by atoms with van der Waals surface area (Å²) in [6, 6.07) is 18.4. The molecule has 2 atom stereocenters. The largest absolute Gasteiger partial charge is 0.362 e. The van der Waals surface area contributed by atoms with Crippen molar-refractivity contribution >= 4 is 17.7 Å². The monoisotopic (exact) mass is 866 g/mol. The zero-order chi connectivity index (χ0) is 46.4. The van der Waals surface area contributed by atoms with E-state index in [-0.39, 0.29) is 0 Å². The highest BCUT2D eigenvalue weighted by Crippen LogP contribution is 2.35. The molecule has 5 heteroatoms. The Bertz CT molecular complexity index is 1970. The number of piperazine rings is 1. The standard InChI is InChI=1S/C26H33N.C25H40N2.C8H14N2/c1-6-8-19(4)25(7-2)26-12-10-22(15-20(26)5)23-9-11-24(27-17-23)16-21-13-18(3)14-21;1-5-14-26-16-18-27(19-17-26)15-10-8-9-11-22(4)20-23-12-13-24(6-2)25(7-3)21-23;1-6-4-5-8(9-3)7(2)10-6/h7-12,15,17-18,21H,6,13-14,16H2,1-5H3;6-7,12-13,21-22H,2-3,5,8-11,14-20H2,1,4H3;8-10H,1-2,4-5H2,3H3/b19-8-,25-7+;;. The smallest absolute Gasteiger partial charge is 0.0468 e. The Morgan fingerprint density at radius 1 is 0.906 bits per heavy atom. The molecule has 3 aliphatic rings. The van der Waals surface area contributed by atoms with Crippen LogP contribution in [-0.4, -0.2) is 67.1 Å². The molecule has 2 aromatic carbocycles. The summed E-state index contributed by atoms with van der Waals surface area (Å²) >= 11 is 0. The van der Waals surface area contributed by atoms with Crippen LogP contribution in [0.25, 0.3) is 28.9 Å². The number of aromatic nitrogens is 1. The van der Waals surface area contributed by atoms with E-state index < -0.39 is 0 Å². The van der Waals surface area contributed by atoms with E-state index in [1.165, 1.54) is 140 Å². The zero-order valence-electron chi connectivity index (χ0n) is 41.7. The average molecular weight is 866 g/mol. The Labute approximate surface area is 392 Å². The number of hydrogen-bond acceptors (Lipinski definition) is 5. The fourth-order valence-corrected chi connectivity index (χ4v) is 9.77. The van der Waals surface area contributed by atoms with E-state index in [0.29, 0.717) is 6.04 Å². The van der Waals surface area contributed by atoms with Gasteiger partial charge < -0.3 is 20.4 Å². The van der Waals surface area contributed by atoms with Gasteiger partial charge in [0.25, 0.3) is 0 Å². The molecule has 0 bridgehead atoms. The number of piperidine rings is 1. The molecule has 3 heterocycles. The summed E-state index contributed by atoms with van der Waals surface area (Å²) in [6.45, 7) is 38.9. The SMILES string of the molecule is C/C=C(\C(C)=C/CC)c1ccc(-c2ccc(CC3CC(C)C3)nc2)cc1C.C=C1CCC(NC)C(=C)N1.C=Cc1ccc(CC(C)CCCCCN2CCN(CCC)CC2)cc1C=C. The van der Waals surface area contributed by atoms with E-state index in [4.69, 9.17) is 4.98 Å². The number of nitrogens with one attached hydrogen (secondary N) is 2. The predicted molar refractivity (Wildman–Crippen MR) is 282 cm³/mol. The quantitative estimate of drug-likeness (QED) is 0.0928. The first-order chi connectivity index (χ1) is 30.9. The maximum Gasteiger partial charge on any atom is 0.0468 e. The topological polar surface area (TPSA) is 43.4 Å². The van der Waals surface area contributed by atoms with E-state index >= 15 is 0 Å². The van der Waals surface area contributed by atoms with Crippen LogP contribution in [0.2, 0.25) is 0 Å². The van der Waals surface area contributed by atoms with Gasteiger partial charge in [-0.15, -0.1) is 0 Å². The first-order valence-corrected chi connectivity index (χ1v) is 24.9. The second-order valence-corrected chi connectivity index (χ2v) is 19.1. The first-order valence-electron chi connectivity index (χ1n) is 24.9. The van der Waals surface area contributed by atoms with Crippen molar-refractivity contribution in [2.45, 2.75) is 132 Å². The molecule has 348 valence electrons. The van der Waals surface area contributed by atoms with Gasteiger partial charge in [-0.2, -0.15) is 0 Å². The third-order valence-electron chi connectivity index (χ3n) is 13.6.